The molecule has 1 aromatic heterocycles. The summed E-state index contributed by atoms with van der Waals surface area (Å²) in [5, 5.41) is 7.53. The minimum absolute atomic E-state index is 0.0139. The third kappa shape index (κ3) is 2.25. The molecule has 3 rings (SSSR count). The van der Waals surface area contributed by atoms with E-state index in [9.17, 15) is 0 Å². The number of anilines is 1. The Hall–Kier alpha value is -1.78. The first-order valence-electron chi connectivity index (χ1n) is 6.05. The molecule has 19 heavy (non-hydrogen) atoms. The second-order valence-corrected chi connectivity index (χ2v) is 4.74. The highest BCUT2D eigenvalue weighted by atomic mass is 35.5. The van der Waals surface area contributed by atoms with E-state index in [0.717, 1.165) is 34.1 Å². The molecular weight excluding hydrogens is 262 g/mol. The molecule has 2 N–H and O–H groups in total. The van der Waals surface area contributed by atoms with E-state index in [1.165, 1.54) is 0 Å². The van der Waals surface area contributed by atoms with Crippen molar-refractivity contribution in [2.24, 2.45) is 0 Å². The zero-order valence-corrected chi connectivity index (χ0v) is 11.2. The fraction of sp³-hybridized carbons (Fsp3) is 0.214. The SMILES string of the molecule is COc1ccc(Cl)c2c1CNC2Nc1ccncc1. The van der Waals surface area contributed by atoms with Crippen LogP contribution in [0.3, 0.4) is 0 Å². The number of ether oxygens (including phenoxy) is 1. The lowest BCUT2D eigenvalue weighted by Gasteiger charge is -2.17. The molecule has 98 valence electrons. The van der Waals surface area contributed by atoms with Gasteiger partial charge in [-0.3, -0.25) is 10.3 Å². The first-order chi connectivity index (χ1) is 9.29. The summed E-state index contributed by atoms with van der Waals surface area (Å²) < 4.78 is 5.37. The van der Waals surface area contributed by atoms with Gasteiger partial charge in [0.25, 0.3) is 0 Å². The van der Waals surface area contributed by atoms with Crippen molar-refractivity contribution >= 4 is 17.3 Å². The molecule has 0 saturated carbocycles. The van der Waals surface area contributed by atoms with Crippen LogP contribution in [0.5, 0.6) is 5.75 Å². The summed E-state index contributed by atoms with van der Waals surface area (Å²) in [5.74, 6) is 0.867. The standard InChI is InChI=1S/C14H14ClN3O/c1-19-12-3-2-11(15)13-10(12)8-17-14(13)18-9-4-6-16-7-5-9/h2-7,14,17H,8H2,1H3,(H,16,18). The van der Waals surface area contributed by atoms with Gasteiger partial charge in [-0.2, -0.15) is 0 Å². The Bertz CT molecular complexity index is 589. The maximum atomic E-state index is 6.31. The first-order valence-corrected chi connectivity index (χ1v) is 6.42. The van der Waals surface area contributed by atoms with Crippen molar-refractivity contribution in [2.75, 3.05) is 12.4 Å². The van der Waals surface area contributed by atoms with Gasteiger partial charge in [0.1, 0.15) is 11.9 Å². The average Bonchev–Trinajstić information content (AvgIpc) is 2.85. The van der Waals surface area contributed by atoms with Crippen molar-refractivity contribution in [3.05, 3.63) is 52.8 Å². The van der Waals surface area contributed by atoms with Gasteiger partial charge < -0.3 is 10.1 Å². The lowest BCUT2D eigenvalue weighted by atomic mass is 10.1. The van der Waals surface area contributed by atoms with Gasteiger partial charge in [-0.25, -0.2) is 0 Å². The molecule has 0 aliphatic carbocycles. The van der Waals surface area contributed by atoms with Crippen molar-refractivity contribution in [2.45, 2.75) is 12.7 Å². The monoisotopic (exact) mass is 275 g/mol. The predicted molar refractivity (Wildman–Crippen MR) is 75.4 cm³/mol. The third-order valence-corrected chi connectivity index (χ3v) is 3.57. The molecule has 0 amide bonds. The number of aromatic nitrogens is 1. The summed E-state index contributed by atoms with van der Waals surface area (Å²) in [6.07, 6.45) is 3.50. The molecule has 4 nitrogen and oxygen atoms in total. The topological polar surface area (TPSA) is 46.2 Å². The van der Waals surface area contributed by atoms with E-state index in [-0.39, 0.29) is 6.17 Å². The van der Waals surface area contributed by atoms with Crippen LogP contribution in [0.4, 0.5) is 5.69 Å². The summed E-state index contributed by atoms with van der Waals surface area (Å²) in [5.41, 5.74) is 3.17. The Balaban J connectivity index is 1.94. The van der Waals surface area contributed by atoms with Crippen molar-refractivity contribution < 1.29 is 4.74 Å². The van der Waals surface area contributed by atoms with E-state index in [1.54, 1.807) is 19.5 Å². The largest absolute Gasteiger partial charge is 0.496 e. The lowest BCUT2D eigenvalue weighted by molar-refractivity contribution is 0.410. The van der Waals surface area contributed by atoms with E-state index >= 15 is 0 Å². The van der Waals surface area contributed by atoms with Gasteiger partial charge in [0, 0.05) is 40.8 Å². The quantitative estimate of drug-likeness (QED) is 0.904. The number of hydrogen-bond donors (Lipinski definition) is 2. The number of fused-ring (bicyclic) bond motifs is 1. The number of nitrogens with zero attached hydrogens (tertiary/aromatic N) is 1. The van der Waals surface area contributed by atoms with Crippen LogP contribution in [0.1, 0.15) is 17.3 Å². The second-order valence-electron chi connectivity index (χ2n) is 4.34. The molecule has 1 aliphatic heterocycles. The van der Waals surface area contributed by atoms with Gasteiger partial charge in [0.15, 0.2) is 0 Å². The highest BCUT2D eigenvalue weighted by Crippen LogP contribution is 2.37. The van der Waals surface area contributed by atoms with Crippen LogP contribution in [0.2, 0.25) is 5.02 Å². The Morgan fingerprint density at radius 1 is 1.32 bits per heavy atom. The Kier molecular flexibility index (Phi) is 3.27. The van der Waals surface area contributed by atoms with Crippen LogP contribution in [0.25, 0.3) is 0 Å². The van der Waals surface area contributed by atoms with Crippen molar-refractivity contribution in [1.29, 1.82) is 0 Å². The molecule has 2 heterocycles. The van der Waals surface area contributed by atoms with Gasteiger partial charge in [0.2, 0.25) is 0 Å². The summed E-state index contributed by atoms with van der Waals surface area (Å²) in [4.78, 5) is 4.00. The van der Waals surface area contributed by atoms with E-state index in [1.807, 2.05) is 24.3 Å². The van der Waals surface area contributed by atoms with Crippen LogP contribution in [0.15, 0.2) is 36.7 Å². The van der Waals surface area contributed by atoms with Crippen molar-refractivity contribution in [3.8, 4) is 5.75 Å². The van der Waals surface area contributed by atoms with Gasteiger partial charge in [-0.1, -0.05) is 11.6 Å². The second kappa shape index (κ2) is 5.07. The van der Waals surface area contributed by atoms with Crippen LogP contribution in [-0.4, -0.2) is 12.1 Å². The molecule has 1 aliphatic rings. The first kappa shape index (κ1) is 12.3. The zero-order chi connectivity index (χ0) is 13.2. The Morgan fingerprint density at radius 2 is 2.11 bits per heavy atom. The number of nitrogens with one attached hydrogen (secondary N) is 2. The van der Waals surface area contributed by atoms with Crippen LogP contribution < -0.4 is 15.4 Å². The van der Waals surface area contributed by atoms with Crippen molar-refractivity contribution in [1.82, 2.24) is 10.3 Å². The lowest BCUT2D eigenvalue weighted by Crippen LogP contribution is -2.20. The summed E-state index contributed by atoms with van der Waals surface area (Å²) in [6, 6.07) is 7.62. The van der Waals surface area contributed by atoms with Gasteiger partial charge >= 0.3 is 0 Å². The molecule has 0 spiro atoms. The molecule has 5 heteroatoms. The molecule has 0 fully saturated rings. The number of methoxy groups -OCH3 is 1. The number of halogens is 1. The molecule has 0 bridgehead atoms. The fourth-order valence-corrected chi connectivity index (χ4v) is 2.63. The number of pyridine rings is 1. The maximum absolute atomic E-state index is 6.31. The smallest absolute Gasteiger partial charge is 0.123 e. The van der Waals surface area contributed by atoms with Gasteiger partial charge in [0.05, 0.1) is 7.11 Å². The molecule has 1 aromatic carbocycles. The van der Waals surface area contributed by atoms with E-state index in [0.29, 0.717) is 0 Å². The van der Waals surface area contributed by atoms with Crippen LogP contribution in [0, 0.1) is 0 Å². The molecule has 1 unspecified atom stereocenters. The maximum Gasteiger partial charge on any atom is 0.123 e. The minimum Gasteiger partial charge on any atom is -0.496 e. The number of benzene rings is 1. The number of hydrogen-bond acceptors (Lipinski definition) is 4. The zero-order valence-electron chi connectivity index (χ0n) is 10.5. The summed E-state index contributed by atoms with van der Waals surface area (Å²) >= 11 is 6.31. The predicted octanol–water partition coefficient (Wildman–Crippen LogP) is 2.96. The summed E-state index contributed by atoms with van der Waals surface area (Å²) in [6.45, 7) is 0.738. The average molecular weight is 276 g/mol. The van der Waals surface area contributed by atoms with Gasteiger partial charge in [-0.05, 0) is 24.3 Å². The molecular formula is C14H14ClN3O. The molecule has 2 aromatic rings. The third-order valence-electron chi connectivity index (χ3n) is 3.24. The van der Waals surface area contributed by atoms with E-state index < -0.39 is 0 Å². The van der Waals surface area contributed by atoms with Gasteiger partial charge in [-0.15, -0.1) is 0 Å². The minimum atomic E-state index is -0.0139. The molecule has 1 atom stereocenters. The van der Waals surface area contributed by atoms with Crippen molar-refractivity contribution in [3.63, 3.8) is 0 Å². The highest BCUT2D eigenvalue weighted by Gasteiger charge is 2.27. The molecule has 0 saturated heterocycles. The van der Waals surface area contributed by atoms with E-state index in [4.69, 9.17) is 16.3 Å². The van der Waals surface area contributed by atoms with Crippen LogP contribution >= 0.6 is 11.6 Å². The number of rotatable bonds is 3. The fourth-order valence-electron chi connectivity index (χ4n) is 2.35. The highest BCUT2D eigenvalue weighted by molar-refractivity contribution is 6.31. The van der Waals surface area contributed by atoms with E-state index in [2.05, 4.69) is 15.6 Å². The Labute approximate surface area is 116 Å². The normalized spacial score (nSPS) is 17.1. The molecule has 0 radical (unpaired) electrons. The summed E-state index contributed by atoms with van der Waals surface area (Å²) in [7, 11) is 1.67. The van der Waals surface area contributed by atoms with Crippen LogP contribution in [-0.2, 0) is 6.54 Å². The Morgan fingerprint density at radius 3 is 2.84 bits per heavy atom.